The first-order chi connectivity index (χ1) is 25.9. The van der Waals surface area contributed by atoms with E-state index in [1.807, 2.05) is 82.8 Å². The number of nitrogens with one attached hydrogen (secondary N) is 4. The normalized spacial score (nSPS) is 16.6. The van der Waals surface area contributed by atoms with E-state index in [0.717, 1.165) is 46.5 Å². The van der Waals surface area contributed by atoms with Gasteiger partial charge in [0.15, 0.2) is 0 Å². The first-order valence-electron chi connectivity index (χ1n) is 18.5. The molecule has 288 valence electrons. The lowest BCUT2D eigenvalue weighted by molar-refractivity contribution is -0.137. The van der Waals surface area contributed by atoms with E-state index >= 15 is 0 Å². The van der Waals surface area contributed by atoms with Gasteiger partial charge >= 0.3 is 12.2 Å². The van der Waals surface area contributed by atoms with Crippen LogP contribution in [0.3, 0.4) is 0 Å². The second kappa shape index (κ2) is 17.4. The van der Waals surface area contributed by atoms with Crippen LogP contribution in [0, 0.1) is 5.92 Å². The predicted molar refractivity (Wildman–Crippen MR) is 205 cm³/mol. The number of rotatable bonds is 13. The molecule has 3 heterocycles. The molecule has 1 saturated heterocycles. The maximum atomic E-state index is 13.7. The van der Waals surface area contributed by atoms with Crippen molar-refractivity contribution in [2.45, 2.75) is 91.0 Å². The van der Waals surface area contributed by atoms with Gasteiger partial charge in [0, 0.05) is 23.2 Å². The molecule has 2 aromatic carbocycles. The van der Waals surface area contributed by atoms with Crippen LogP contribution in [0.2, 0.25) is 0 Å². The molecule has 1 aliphatic heterocycles. The summed E-state index contributed by atoms with van der Waals surface area (Å²) in [5, 5.41) is 5.19. The van der Waals surface area contributed by atoms with E-state index in [4.69, 9.17) is 4.74 Å². The Bertz CT molecular complexity index is 1900. The number of carbonyl (C=O) groups is 4. The summed E-state index contributed by atoms with van der Waals surface area (Å²) < 4.78 is 9.39. The van der Waals surface area contributed by atoms with Crippen LogP contribution < -0.4 is 10.6 Å². The van der Waals surface area contributed by atoms with E-state index in [0.29, 0.717) is 18.1 Å². The zero-order valence-electron chi connectivity index (χ0n) is 32.3. The summed E-state index contributed by atoms with van der Waals surface area (Å²) in [6.45, 7) is 11.6. The summed E-state index contributed by atoms with van der Waals surface area (Å²) in [7, 11) is 2.55. The Morgan fingerprint density at radius 2 is 1.39 bits per heavy atom. The summed E-state index contributed by atoms with van der Waals surface area (Å²) >= 11 is 0. The maximum Gasteiger partial charge on any atom is 0.407 e. The van der Waals surface area contributed by atoms with E-state index in [9.17, 15) is 19.2 Å². The van der Waals surface area contributed by atoms with Crippen molar-refractivity contribution in [1.29, 1.82) is 0 Å². The highest BCUT2D eigenvalue weighted by atomic mass is 16.5. The van der Waals surface area contributed by atoms with Crippen molar-refractivity contribution in [3.8, 4) is 33.9 Å². The number of likely N-dealkylation sites (tertiary alicyclic amines) is 1. The van der Waals surface area contributed by atoms with Crippen molar-refractivity contribution in [3.05, 3.63) is 72.3 Å². The standard InChI is InChI=1S/C40H52N8O6/c1-9-32(47(24(4)5)34(49)22-43-39(51)53-7)30-20-41-36(44-30)28-15-11-26(12-16-28)27-13-17-29(18-14-27)37-42-21-31(45-37)33-19-10-25(6)48(33)38(50)35(23(2)3)46-40(52)54-8/h11-18,20-21,23-25,32-33,35H,9-10,19,22H2,1-8H3,(H,41,44)(H,42,45)(H,43,51)(H,46,52)/t25?,32-,33-,35-/m0/s1. The number of benzene rings is 2. The Labute approximate surface area is 316 Å². The minimum Gasteiger partial charge on any atom is -0.453 e. The van der Waals surface area contributed by atoms with Crippen molar-refractivity contribution < 1.29 is 28.7 Å². The lowest BCUT2D eigenvalue weighted by atomic mass is 10.0. The number of ether oxygens (including phenoxy) is 2. The van der Waals surface area contributed by atoms with Crippen LogP contribution >= 0.6 is 0 Å². The topological polar surface area (TPSA) is 175 Å². The molecule has 14 heteroatoms. The molecule has 0 aliphatic carbocycles. The monoisotopic (exact) mass is 740 g/mol. The summed E-state index contributed by atoms with van der Waals surface area (Å²) in [5.41, 5.74) is 5.56. The van der Waals surface area contributed by atoms with Gasteiger partial charge in [0.05, 0.1) is 50.1 Å². The molecule has 2 aromatic heterocycles. The van der Waals surface area contributed by atoms with Gasteiger partial charge in [-0.2, -0.15) is 0 Å². The Balaban J connectivity index is 1.27. The molecule has 4 aromatic rings. The fraction of sp³-hybridized carbons (Fsp3) is 0.450. The first kappa shape index (κ1) is 39.5. The minimum absolute atomic E-state index is 0.0118. The van der Waals surface area contributed by atoms with Gasteiger partial charge in [-0.05, 0) is 57.1 Å². The molecule has 0 bridgehead atoms. The van der Waals surface area contributed by atoms with Crippen LogP contribution in [0.4, 0.5) is 9.59 Å². The van der Waals surface area contributed by atoms with Gasteiger partial charge in [-0.15, -0.1) is 0 Å². The Hall–Kier alpha value is -5.66. The average molecular weight is 741 g/mol. The number of imidazole rings is 2. The maximum absolute atomic E-state index is 13.7. The molecule has 14 nitrogen and oxygen atoms in total. The van der Waals surface area contributed by atoms with Gasteiger partial charge in [0.25, 0.3) is 0 Å². The number of aromatic nitrogens is 4. The lowest BCUT2D eigenvalue weighted by Gasteiger charge is -2.34. The fourth-order valence-electron chi connectivity index (χ4n) is 7.16. The number of nitrogens with zero attached hydrogens (tertiary/aromatic N) is 4. The highest BCUT2D eigenvalue weighted by Crippen LogP contribution is 2.37. The molecule has 0 radical (unpaired) electrons. The molecular formula is C40H52N8O6. The highest BCUT2D eigenvalue weighted by Gasteiger charge is 2.40. The zero-order valence-corrected chi connectivity index (χ0v) is 32.3. The number of hydrogen-bond donors (Lipinski definition) is 4. The third-order valence-electron chi connectivity index (χ3n) is 10.0. The summed E-state index contributed by atoms with van der Waals surface area (Å²) in [5.74, 6) is 0.945. The van der Waals surface area contributed by atoms with E-state index in [1.54, 1.807) is 17.3 Å². The van der Waals surface area contributed by atoms with E-state index < -0.39 is 18.2 Å². The van der Waals surface area contributed by atoms with E-state index in [2.05, 4.69) is 47.4 Å². The van der Waals surface area contributed by atoms with Crippen molar-refractivity contribution in [2.75, 3.05) is 20.8 Å². The lowest BCUT2D eigenvalue weighted by Crippen LogP contribution is -2.52. The second-order valence-corrected chi connectivity index (χ2v) is 14.2. The fourth-order valence-corrected chi connectivity index (χ4v) is 7.16. The van der Waals surface area contributed by atoms with Crippen LogP contribution in [0.5, 0.6) is 0 Å². The Kier molecular flexibility index (Phi) is 12.8. The molecule has 4 amide bonds. The molecule has 4 atom stereocenters. The molecule has 1 fully saturated rings. The van der Waals surface area contributed by atoms with Crippen LogP contribution in [-0.4, -0.2) is 92.6 Å². The number of H-pyrrole nitrogens is 2. The van der Waals surface area contributed by atoms with E-state index in [1.165, 1.54) is 14.2 Å². The zero-order chi connectivity index (χ0) is 39.1. The van der Waals surface area contributed by atoms with Crippen molar-refractivity contribution in [1.82, 2.24) is 40.4 Å². The molecule has 1 aliphatic rings. The van der Waals surface area contributed by atoms with Gasteiger partial charge in [-0.3, -0.25) is 9.59 Å². The molecule has 5 rings (SSSR count). The molecular weight excluding hydrogens is 688 g/mol. The van der Waals surface area contributed by atoms with Gasteiger partial charge in [-0.1, -0.05) is 69.3 Å². The van der Waals surface area contributed by atoms with Crippen LogP contribution in [0.1, 0.15) is 84.3 Å². The van der Waals surface area contributed by atoms with E-state index in [-0.39, 0.29) is 48.4 Å². The van der Waals surface area contributed by atoms with Crippen LogP contribution in [-0.2, 0) is 19.1 Å². The average Bonchev–Trinajstić information content (AvgIpc) is 3.95. The quantitative estimate of drug-likeness (QED) is 0.118. The number of hydrogen-bond acceptors (Lipinski definition) is 8. The predicted octanol–water partition coefficient (Wildman–Crippen LogP) is 6.61. The molecule has 0 saturated carbocycles. The van der Waals surface area contributed by atoms with Gasteiger partial charge < -0.3 is 39.9 Å². The van der Waals surface area contributed by atoms with Gasteiger partial charge in [-0.25, -0.2) is 19.6 Å². The number of carbonyl (C=O) groups excluding carboxylic acids is 4. The molecule has 54 heavy (non-hydrogen) atoms. The summed E-state index contributed by atoms with van der Waals surface area (Å²) in [6.07, 6.45) is 4.57. The number of aromatic amines is 2. The summed E-state index contributed by atoms with van der Waals surface area (Å²) in [4.78, 5) is 70.2. The number of alkyl carbamates (subject to hydrolysis) is 2. The molecule has 4 N–H and O–H groups in total. The SMILES string of the molecule is CC[C@@H](c1cnc(-c2ccc(-c3ccc(-c4ncc([C@@H]5CCC(C)N5C(=O)[C@@H](NC(=O)OC)C(C)C)[nH]4)cc3)cc2)[nH]1)N(C(=O)CNC(=O)OC)C(C)C. The number of amides is 4. The van der Waals surface area contributed by atoms with Crippen molar-refractivity contribution in [2.24, 2.45) is 5.92 Å². The van der Waals surface area contributed by atoms with Crippen molar-refractivity contribution >= 4 is 24.0 Å². The van der Waals surface area contributed by atoms with Gasteiger partial charge in [0.1, 0.15) is 24.2 Å². The number of methoxy groups -OCH3 is 2. The van der Waals surface area contributed by atoms with Crippen molar-refractivity contribution in [3.63, 3.8) is 0 Å². The van der Waals surface area contributed by atoms with Crippen LogP contribution in [0.15, 0.2) is 60.9 Å². The van der Waals surface area contributed by atoms with Gasteiger partial charge in [0.2, 0.25) is 11.8 Å². The third-order valence-corrected chi connectivity index (χ3v) is 10.0. The largest absolute Gasteiger partial charge is 0.453 e. The summed E-state index contributed by atoms with van der Waals surface area (Å²) in [6, 6.07) is 15.0. The highest BCUT2D eigenvalue weighted by molar-refractivity contribution is 5.87. The smallest absolute Gasteiger partial charge is 0.407 e. The molecule has 0 spiro atoms. The Morgan fingerprint density at radius 1 is 0.833 bits per heavy atom. The van der Waals surface area contributed by atoms with Crippen LogP contribution in [0.25, 0.3) is 33.9 Å². The molecule has 1 unspecified atom stereocenters. The Morgan fingerprint density at radius 3 is 1.93 bits per heavy atom. The third kappa shape index (κ3) is 8.75. The second-order valence-electron chi connectivity index (χ2n) is 14.2. The first-order valence-corrected chi connectivity index (χ1v) is 18.5. The minimum atomic E-state index is -0.698.